The van der Waals surface area contributed by atoms with Crippen molar-refractivity contribution < 1.29 is 9.53 Å². The number of carbonyl (C=O) groups excluding carboxylic acids is 1. The van der Waals surface area contributed by atoms with Gasteiger partial charge in [-0.25, -0.2) is 9.97 Å². The number of benzene rings is 1. The minimum Gasteiger partial charge on any atom is -0.495 e. The summed E-state index contributed by atoms with van der Waals surface area (Å²) >= 11 is 0. The number of likely N-dealkylation sites (N-methyl/N-ethyl adjacent to an activating group) is 1. The van der Waals surface area contributed by atoms with E-state index in [2.05, 4.69) is 26.3 Å². The molecule has 8 nitrogen and oxygen atoms in total. The van der Waals surface area contributed by atoms with Gasteiger partial charge >= 0.3 is 0 Å². The van der Waals surface area contributed by atoms with Crippen LogP contribution < -0.4 is 19.9 Å². The lowest BCUT2D eigenvalue weighted by Gasteiger charge is -2.32. The predicted octanol–water partition coefficient (Wildman–Crippen LogP) is 1.45. The smallest absolute Gasteiger partial charge is 0.241 e. The van der Waals surface area contributed by atoms with Crippen LogP contribution in [0.1, 0.15) is 6.42 Å². The highest BCUT2D eigenvalue weighted by molar-refractivity contribution is 5.82. The van der Waals surface area contributed by atoms with Crippen molar-refractivity contribution in [3.8, 4) is 5.75 Å². The van der Waals surface area contributed by atoms with Gasteiger partial charge in [-0.05, 0) is 18.6 Å². The van der Waals surface area contributed by atoms with E-state index in [1.807, 2.05) is 36.2 Å². The SMILES string of the molecule is COc1ccccc1N1CCC(Nc2cc(N3CCN(C)C(=O)C3)ncn2)C1. The number of hydrogen-bond donors (Lipinski definition) is 1. The number of anilines is 3. The molecule has 2 aromatic rings. The molecule has 2 saturated heterocycles. The van der Waals surface area contributed by atoms with E-state index in [4.69, 9.17) is 4.74 Å². The molecule has 2 aliphatic heterocycles. The molecular formula is C20H26N6O2. The molecule has 0 radical (unpaired) electrons. The van der Waals surface area contributed by atoms with Crippen molar-refractivity contribution in [3.05, 3.63) is 36.7 Å². The van der Waals surface area contributed by atoms with Gasteiger partial charge in [0.1, 0.15) is 23.7 Å². The molecule has 1 N–H and O–H groups in total. The largest absolute Gasteiger partial charge is 0.495 e. The third-order valence-corrected chi connectivity index (χ3v) is 5.40. The van der Waals surface area contributed by atoms with Crippen LogP contribution >= 0.6 is 0 Å². The first kappa shape index (κ1) is 18.3. The molecule has 1 aromatic heterocycles. The van der Waals surface area contributed by atoms with Crippen LogP contribution in [-0.4, -0.2) is 73.7 Å². The van der Waals surface area contributed by atoms with Crippen molar-refractivity contribution in [1.29, 1.82) is 0 Å². The molecule has 148 valence electrons. The molecule has 0 spiro atoms. The fourth-order valence-electron chi connectivity index (χ4n) is 3.75. The standard InChI is InChI=1S/C20H26N6O2/c1-24-9-10-26(13-20(24)27)19-11-18(21-14-22-19)23-15-7-8-25(12-15)16-5-3-4-6-17(16)28-2/h3-6,11,14-15H,7-10,12-13H2,1-2H3,(H,21,22,23). The first-order valence-corrected chi connectivity index (χ1v) is 9.59. The van der Waals surface area contributed by atoms with Gasteiger partial charge in [0.15, 0.2) is 0 Å². The summed E-state index contributed by atoms with van der Waals surface area (Å²) in [5.74, 6) is 2.59. The van der Waals surface area contributed by atoms with Crippen molar-refractivity contribution in [2.24, 2.45) is 0 Å². The maximum Gasteiger partial charge on any atom is 0.241 e. The molecule has 0 aliphatic carbocycles. The zero-order chi connectivity index (χ0) is 19.5. The summed E-state index contributed by atoms with van der Waals surface area (Å²) in [6.45, 7) is 3.69. The highest BCUT2D eigenvalue weighted by atomic mass is 16.5. The van der Waals surface area contributed by atoms with Gasteiger partial charge in [-0.2, -0.15) is 0 Å². The number of ether oxygens (including phenoxy) is 1. The minimum atomic E-state index is 0.114. The van der Waals surface area contributed by atoms with Gasteiger partial charge in [0.25, 0.3) is 0 Å². The Morgan fingerprint density at radius 3 is 2.82 bits per heavy atom. The van der Waals surface area contributed by atoms with Crippen molar-refractivity contribution in [2.75, 3.05) is 62.0 Å². The van der Waals surface area contributed by atoms with Gasteiger partial charge < -0.3 is 24.8 Å². The Morgan fingerprint density at radius 1 is 1.14 bits per heavy atom. The molecule has 2 aliphatic rings. The summed E-state index contributed by atoms with van der Waals surface area (Å²) in [6, 6.07) is 10.3. The third kappa shape index (κ3) is 3.81. The third-order valence-electron chi connectivity index (χ3n) is 5.40. The maximum atomic E-state index is 12.0. The Morgan fingerprint density at radius 2 is 2.00 bits per heavy atom. The van der Waals surface area contributed by atoms with E-state index >= 15 is 0 Å². The van der Waals surface area contributed by atoms with Gasteiger partial charge in [-0.15, -0.1) is 0 Å². The summed E-state index contributed by atoms with van der Waals surface area (Å²) in [5.41, 5.74) is 1.12. The van der Waals surface area contributed by atoms with E-state index in [9.17, 15) is 4.79 Å². The first-order chi connectivity index (χ1) is 13.6. The Labute approximate surface area is 165 Å². The molecule has 3 heterocycles. The average molecular weight is 382 g/mol. The molecule has 1 unspecified atom stereocenters. The van der Waals surface area contributed by atoms with Crippen LogP contribution in [-0.2, 0) is 4.79 Å². The zero-order valence-electron chi connectivity index (χ0n) is 16.3. The van der Waals surface area contributed by atoms with E-state index in [1.165, 1.54) is 0 Å². The monoisotopic (exact) mass is 382 g/mol. The van der Waals surface area contributed by atoms with Crippen molar-refractivity contribution in [1.82, 2.24) is 14.9 Å². The van der Waals surface area contributed by atoms with Crippen LogP contribution in [0.2, 0.25) is 0 Å². The number of para-hydroxylation sites is 2. The maximum absolute atomic E-state index is 12.0. The summed E-state index contributed by atoms with van der Waals surface area (Å²) in [6.07, 6.45) is 2.58. The Balaban J connectivity index is 1.41. The number of nitrogens with one attached hydrogen (secondary N) is 1. The normalized spacial score (nSPS) is 19.9. The second kappa shape index (κ2) is 7.92. The quantitative estimate of drug-likeness (QED) is 0.839. The number of amides is 1. The second-order valence-electron chi connectivity index (χ2n) is 7.25. The fraction of sp³-hybridized carbons (Fsp3) is 0.450. The average Bonchev–Trinajstić information content (AvgIpc) is 3.18. The Kier molecular flexibility index (Phi) is 5.18. The Hall–Kier alpha value is -3.03. The molecule has 1 amide bonds. The van der Waals surface area contributed by atoms with Crippen LogP contribution in [0.4, 0.5) is 17.3 Å². The van der Waals surface area contributed by atoms with Crippen molar-refractivity contribution in [3.63, 3.8) is 0 Å². The zero-order valence-corrected chi connectivity index (χ0v) is 16.3. The summed E-state index contributed by atoms with van der Waals surface area (Å²) in [4.78, 5) is 26.8. The molecule has 28 heavy (non-hydrogen) atoms. The number of methoxy groups -OCH3 is 1. The van der Waals surface area contributed by atoms with Gasteiger partial charge in [-0.3, -0.25) is 4.79 Å². The lowest BCUT2D eigenvalue weighted by Crippen LogP contribution is -2.48. The highest BCUT2D eigenvalue weighted by Crippen LogP contribution is 2.31. The van der Waals surface area contributed by atoms with Gasteiger partial charge in [0.05, 0.1) is 19.3 Å². The van der Waals surface area contributed by atoms with Crippen molar-refractivity contribution >= 4 is 23.2 Å². The molecule has 0 saturated carbocycles. The number of aromatic nitrogens is 2. The minimum absolute atomic E-state index is 0.114. The first-order valence-electron chi connectivity index (χ1n) is 9.59. The van der Waals surface area contributed by atoms with Crippen LogP contribution in [0.5, 0.6) is 5.75 Å². The van der Waals surface area contributed by atoms with Crippen LogP contribution in [0.3, 0.4) is 0 Å². The van der Waals surface area contributed by atoms with E-state index < -0.39 is 0 Å². The van der Waals surface area contributed by atoms with Crippen LogP contribution in [0, 0.1) is 0 Å². The number of carbonyl (C=O) groups is 1. The number of rotatable bonds is 5. The molecular weight excluding hydrogens is 356 g/mol. The molecule has 0 bridgehead atoms. The fourth-order valence-corrected chi connectivity index (χ4v) is 3.75. The molecule has 4 rings (SSSR count). The lowest BCUT2D eigenvalue weighted by molar-refractivity contribution is -0.129. The van der Waals surface area contributed by atoms with Gasteiger partial charge in [0, 0.05) is 45.3 Å². The summed E-state index contributed by atoms with van der Waals surface area (Å²) in [7, 11) is 3.54. The van der Waals surface area contributed by atoms with Gasteiger partial charge in [-0.1, -0.05) is 12.1 Å². The second-order valence-corrected chi connectivity index (χ2v) is 7.25. The topological polar surface area (TPSA) is 73.8 Å². The highest BCUT2D eigenvalue weighted by Gasteiger charge is 2.26. The van der Waals surface area contributed by atoms with Crippen molar-refractivity contribution in [2.45, 2.75) is 12.5 Å². The van der Waals surface area contributed by atoms with E-state index in [0.29, 0.717) is 19.1 Å². The van der Waals surface area contributed by atoms with Crippen LogP contribution in [0.15, 0.2) is 36.7 Å². The number of nitrogens with zero attached hydrogens (tertiary/aromatic N) is 5. The summed E-state index contributed by atoms with van der Waals surface area (Å²) < 4.78 is 5.49. The Bertz CT molecular complexity index is 845. The van der Waals surface area contributed by atoms with E-state index in [1.54, 1.807) is 18.3 Å². The van der Waals surface area contributed by atoms with Crippen LogP contribution in [0.25, 0.3) is 0 Å². The molecule has 1 atom stereocenters. The molecule has 8 heteroatoms. The van der Waals surface area contributed by atoms with Gasteiger partial charge in [0.2, 0.25) is 5.91 Å². The number of piperazine rings is 1. The molecule has 1 aromatic carbocycles. The summed E-state index contributed by atoms with van der Waals surface area (Å²) in [5, 5.41) is 3.52. The lowest BCUT2D eigenvalue weighted by atomic mass is 10.2. The molecule has 2 fully saturated rings. The van der Waals surface area contributed by atoms with E-state index in [0.717, 1.165) is 49.1 Å². The predicted molar refractivity (Wildman–Crippen MR) is 109 cm³/mol. The number of hydrogen-bond acceptors (Lipinski definition) is 7. The van der Waals surface area contributed by atoms with E-state index in [-0.39, 0.29) is 5.91 Å².